The Bertz CT molecular complexity index is 727. The minimum Gasteiger partial charge on any atom is -0.378 e. The molecule has 1 amide bonds. The van der Waals surface area contributed by atoms with Crippen molar-refractivity contribution in [1.29, 1.82) is 0 Å². The SMILES string of the molecule is C=CCNC(=O)c1ccc(Nc2ccccc2N2CCOCC2)nn1. The normalized spacial score (nSPS) is 14.0. The van der Waals surface area contributed by atoms with Gasteiger partial charge in [-0.05, 0) is 24.3 Å². The van der Waals surface area contributed by atoms with Crippen molar-refractivity contribution in [2.75, 3.05) is 43.1 Å². The molecule has 130 valence electrons. The minimum atomic E-state index is -0.271. The highest BCUT2D eigenvalue weighted by molar-refractivity contribution is 5.92. The van der Waals surface area contributed by atoms with E-state index in [1.165, 1.54) is 0 Å². The first-order valence-corrected chi connectivity index (χ1v) is 8.19. The van der Waals surface area contributed by atoms with Crippen LogP contribution in [0.1, 0.15) is 10.5 Å². The number of anilines is 3. The van der Waals surface area contributed by atoms with Gasteiger partial charge in [0.25, 0.3) is 5.91 Å². The van der Waals surface area contributed by atoms with Gasteiger partial charge in [-0.25, -0.2) is 0 Å². The third-order valence-electron chi connectivity index (χ3n) is 3.82. The lowest BCUT2D eigenvalue weighted by molar-refractivity contribution is 0.0952. The van der Waals surface area contributed by atoms with Crippen molar-refractivity contribution in [1.82, 2.24) is 15.5 Å². The van der Waals surface area contributed by atoms with Crippen LogP contribution in [0.3, 0.4) is 0 Å². The van der Waals surface area contributed by atoms with Gasteiger partial charge in [0.15, 0.2) is 11.5 Å². The maximum atomic E-state index is 11.8. The highest BCUT2D eigenvalue weighted by Crippen LogP contribution is 2.28. The lowest BCUT2D eigenvalue weighted by atomic mass is 10.2. The Morgan fingerprint density at radius 1 is 1.20 bits per heavy atom. The Morgan fingerprint density at radius 2 is 2.00 bits per heavy atom. The number of carbonyl (C=O) groups excluding carboxylic acids is 1. The fraction of sp³-hybridized carbons (Fsp3) is 0.278. The number of ether oxygens (including phenoxy) is 1. The number of morpholine rings is 1. The molecule has 0 atom stereocenters. The first kappa shape index (κ1) is 16.9. The summed E-state index contributed by atoms with van der Waals surface area (Å²) in [6.07, 6.45) is 1.61. The zero-order valence-electron chi connectivity index (χ0n) is 13.9. The maximum absolute atomic E-state index is 11.8. The summed E-state index contributed by atoms with van der Waals surface area (Å²) in [5.41, 5.74) is 2.32. The average molecular weight is 339 g/mol. The van der Waals surface area contributed by atoms with E-state index in [9.17, 15) is 4.79 Å². The van der Waals surface area contributed by atoms with Gasteiger partial charge in [-0.2, -0.15) is 0 Å². The molecule has 3 rings (SSSR count). The van der Waals surface area contributed by atoms with E-state index in [2.05, 4.69) is 38.4 Å². The van der Waals surface area contributed by atoms with Crippen LogP contribution in [-0.2, 0) is 4.74 Å². The predicted octanol–water partition coefficient (Wildman–Crippen LogP) is 1.97. The number of benzene rings is 1. The minimum absolute atomic E-state index is 0.271. The Labute approximate surface area is 146 Å². The molecule has 0 unspecified atom stereocenters. The van der Waals surface area contributed by atoms with E-state index in [1.807, 2.05) is 18.2 Å². The molecule has 0 saturated carbocycles. The Morgan fingerprint density at radius 3 is 2.72 bits per heavy atom. The van der Waals surface area contributed by atoms with Crippen LogP contribution in [0.4, 0.5) is 17.2 Å². The van der Waals surface area contributed by atoms with E-state index >= 15 is 0 Å². The average Bonchev–Trinajstić information content (AvgIpc) is 2.68. The van der Waals surface area contributed by atoms with Crippen molar-refractivity contribution >= 4 is 23.1 Å². The van der Waals surface area contributed by atoms with Gasteiger partial charge in [0.2, 0.25) is 0 Å². The Balaban J connectivity index is 1.72. The second-order valence-corrected chi connectivity index (χ2v) is 5.54. The van der Waals surface area contributed by atoms with E-state index in [0.29, 0.717) is 12.4 Å². The molecular formula is C18H21N5O2. The van der Waals surface area contributed by atoms with E-state index < -0.39 is 0 Å². The molecule has 1 aromatic heterocycles. The van der Waals surface area contributed by atoms with Crippen LogP contribution in [-0.4, -0.2) is 49.0 Å². The molecule has 0 bridgehead atoms. The maximum Gasteiger partial charge on any atom is 0.272 e. The Kier molecular flexibility index (Phi) is 5.58. The first-order valence-electron chi connectivity index (χ1n) is 8.19. The molecule has 2 heterocycles. The molecule has 25 heavy (non-hydrogen) atoms. The van der Waals surface area contributed by atoms with Gasteiger partial charge in [-0.1, -0.05) is 18.2 Å². The topological polar surface area (TPSA) is 79.4 Å². The predicted molar refractivity (Wildman–Crippen MR) is 97.3 cm³/mol. The van der Waals surface area contributed by atoms with Gasteiger partial charge in [0.05, 0.1) is 24.6 Å². The standard InChI is InChI=1S/C18H21N5O2/c1-2-9-19-18(24)15-7-8-17(22-21-15)20-14-5-3-4-6-16(14)23-10-12-25-13-11-23/h2-8H,1,9-13H2,(H,19,24)(H,20,22). The fourth-order valence-corrected chi connectivity index (χ4v) is 2.57. The number of hydrogen-bond acceptors (Lipinski definition) is 6. The van der Waals surface area contributed by atoms with Gasteiger partial charge in [0, 0.05) is 19.6 Å². The largest absolute Gasteiger partial charge is 0.378 e. The molecule has 2 N–H and O–H groups in total. The van der Waals surface area contributed by atoms with E-state index in [-0.39, 0.29) is 11.6 Å². The highest BCUT2D eigenvalue weighted by atomic mass is 16.5. The van der Waals surface area contributed by atoms with E-state index in [1.54, 1.807) is 18.2 Å². The molecule has 0 aliphatic carbocycles. The third-order valence-corrected chi connectivity index (χ3v) is 3.82. The van der Waals surface area contributed by atoms with Crippen molar-refractivity contribution in [2.45, 2.75) is 0 Å². The Hall–Kier alpha value is -2.93. The number of hydrogen-bond donors (Lipinski definition) is 2. The van der Waals surface area contributed by atoms with Crippen molar-refractivity contribution in [3.63, 3.8) is 0 Å². The summed E-state index contributed by atoms with van der Waals surface area (Å²) in [6, 6.07) is 11.4. The van der Waals surface area contributed by atoms with Gasteiger partial charge >= 0.3 is 0 Å². The fourth-order valence-electron chi connectivity index (χ4n) is 2.57. The summed E-state index contributed by atoms with van der Waals surface area (Å²) in [7, 11) is 0. The highest BCUT2D eigenvalue weighted by Gasteiger charge is 2.15. The molecule has 7 nitrogen and oxygen atoms in total. The van der Waals surface area contributed by atoms with E-state index in [0.717, 1.165) is 37.7 Å². The van der Waals surface area contributed by atoms with Crippen molar-refractivity contribution in [3.05, 3.63) is 54.7 Å². The number of aromatic nitrogens is 2. The first-order chi connectivity index (χ1) is 12.3. The lowest BCUT2D eigenvalue weighted by Crippen LogP contribution is -2.36. The van der Waals surface area contributed by atoms with Crippen molar-refractivity contribution < 1.29 is 9.53 Å². The van der Waals surface area contributed by atoms with Crippen LogP contribution in [0.15, 0.2) is 49.1 Å². The molecular weight excluding hydrogens is 318 g/mol. The number of para-hydroxylation sites is 2. The number of amides is 1. The zero-order valence-corrected chi connectivity index (χ0v) is 13.9. The molecule has 7 heteroatoms. The molecule has 1 saturated heterocycles. The van der Waals surface area contributed by atoms with Gasteiger partial charge in [-0.15, -0.1) is 16.8 Å². The van der Waals surface area contributed by atoms with Crippen LogP contribution < -0.4 is 15.5 Å². The molecule has 1 fully saturated rings. The number of rotatable bonds is 6. The molecule has 0 spiro atoms. The second-order valence-electron chi connectivity index (χ2n) is 5.54. The number of nitrogens with one attached hydrogen (secondary N) is 2. The van der Waals surface area contributed by atoms with Crippen LogP contribution in [0.25, 0.3) is 0 Å². The monoisotopic (exact) mass is 339 g/mol. The quantitative estimate of drug-likeness (QED) is 0.784. The molecule has 2 aromatic rings. The van der Waals surface area contributed by atoms with Gasteiger partial charge in [-0.3, -0.25) is 4.79 Å². The van der Waals surface area contributed by atoms with Crippen LogP contribution >= 0.6 is 0 Å². The summed E-state index contributed by atoms with van der Waals surface area (Å²) < 4.78 is 5.41. The number of nitrogens with zero attached hydrogens (tertiary/aromatic N) is 3. The molecule has 1 aliphatic heterocycles. The molecule has 0 radical (unpaired) electrons. The van der Waals surface area contributed by atoms with Crippen molar-refractivity contribution in [2.24, 2.45) is 0 Å². The van der Waals surface area contributed by atoms with Gasteiger partial charge < -0.3 is 20.3 Å². The van der Waals surface area contributed by atoms with E-state index in [4.69, 9.17) is 4.74 Å². The summed E-state index contributed by atoms with van der Waals surface area (Å²) in [4.78, 5) is 14.1. The third kappa shape index (κ3) is 4.33. The second kappa shape index (κ2) is 8.25. The molecule has 1 aromatic carbocycles. The smallest absolute Gasteiger partial charge is 0.272 e. The summed E-state index contributed by atoms with van der Waals surface area (Å²) in [5.74, 6) is 0.314. The van der Waals surface area contributed by atoms with Crippen molar-refractivity contribution in [3.8, 4) is 0 Å². The molecule has 1 aliphatic rings. The zero-order chi connectivity index (χ0) is 17.5. The van der Waals surface area contributed by atoms with Crippen LogP contribution in [0.5, 0.6) is 0 Å². The van der Waals surface area contributed by atoms with Crippen LogP contribution in [0, 0.1) is 0 Å². The summed E-state index contributed by atoms with van der Waals surface area (Å²) >= 11 is 0. The van der Waals surface area contributed by atoms with Gasteiger partial charge in [0.1, 0.15) is 0 Å². The van der Waals surface area contributed by atoms with Crippen LogP contribution in [0.2, 0.25) is 0 Å². The summed E-state index contributed by atoms with van der Waals surface area (Å²) in [6.45, 7) is 7.12. The summed E-state index contributed by atoms with van der Waals surface area (Å²) in [5, 5.41) is 14.0. The number of carbonyl (C=O) groups is 1. The lowest BCUT2D eigenvalue weighted by Gasteiger charge is -2.30.